The van der Waals surface area contributed by atoms with Gasteiger partial charge in [-0.1, -0.05) is 25.1 Å². The number of aryl methyl sites for hydroxylation is 1. The number of hydrogen-bond acceptors (Lipinski definition) is 3. The van der Waals surface area contributed by atoms with Gasteiger partial charge in [-0.2, -0.15) is 0 Å². The van der Waals surface area contributed by atoms with E-state index in [1.54, 1.807) is 6.20 Å². The summed E-state index contributed by atoms with van der Waals surface area (Å²) in [6.07, 6.45) is 3.75. The number of nitrogens with two attached hydrogens (primary N) is 1. The topological polar surface area (TPSA) is 59.2 Å². The second-order valence-corrected chi connectivity index (χ2v) is 6.33. The number of fused-ring (bicyclic) bond motifs is 1. The zero-order valence-electron chi connectivity index (χ0n) is 14.1. The van der Waals surface area contributed by atoms with Gasteiger partial charge in [0.1, 0.15) is 0 Å². The molecule has 1 aliphatic heterocycles. The van der Waals surface area contributed by atoms with Crippen LogP contribution in [0.15, 0.2) is 30.5 Å². The average Bonchev–Trinajstić information content (AvgIpc) is 2.54. The smallest absolute Gasteiger partial charge is 0.256 e. The fourth-order valence-electron chi connectivity index (χ4n) is 3.39. The van der Waals surface area contributed by atoms with Crippen LogP contribution < -0.4 is 5.73 Å². The Kier molecular flexibility index (Phi) is 7.46. The van der Waals surface area contributed by atoms with Crippen LogP contribution in [0.25, 0.3) is 10.9 Å². The highest BCUT2D eigenvalue weighted by Gasteiger charge is 2.30. The number of piperidine rings is 1. The summed E-state index contributed by atoms with van der Waals surface area (Å²) >= 11 is 0. The van der Waals surface area contributed by atoms with Crippen LogP contribution >= 0.6 is 24.8 Å². The van der Waals surface area contributed by atoms with Crippen LogP contribution in [0, 0.1) is 12.8 Å². The van der Waals surface area contributed by atoms with Crippen molar-refractivity contribution in [3.8, 4) is 0 Å². The summed E-state index contributed by atoms with van der Waals surface area (Å²) in [5.41, 5.74) is 8.53. The number of carbonyl (C=O) groups excluding carboxylic acids is 1. The first kappa shape index (κ1) is 20.7. The first-order chi connectivity index (χ1) is 10.6. The quantitative estimate of drug-likeness (QED) is 0.879. The third kappa shape index (κ3) is 3.82. The summed E-state index contributed by atoms with van der Waals surface area (Å²) in [5.74, 6) is 0.700. The molecule has 2 atom stereocenters. The van der Waals surface area contributed by atoms with Gasteiger partial charge in [-0.3, -0.25) is 9.78 Å². The maximum absolute atomic E-state index is 13.0. The van der Waals surface area contributed by atoms with Crippen LogP contribution in [0.1, 0.15) is 35.7 Å². The molecule has 1 aromatic carbocycles. The Labute approximate surface area is 155 Å². The maximum atomic E-state index is 13.0. The second-order valence-electron chi connectivity index (χ2n) is 6.33. The summed E-state index contributed by atoms with van der Waals surface area (Å²) in [5, 5.41) is 1.04. The monoisotopic (exact) mass is 369 g/mol. The van der Waals surface area contributed by atoms with Crippen molar-refractivity contribution in [2.75, 3.05) is 13.1 Å². The van der Waals surface area contributed by atoms with Crippen molar-refractivity contribution in [3.05, 3.63) is 41.6 Å². The summed E-state index contributed by atoms with van der Waals surface area (Å²) in [6, 6.07) is 8.08. The van der Waals surface area contributed by atoms with Crippen LogP contribution in [0.2, 0.25) is 0 Å². The van der Waals surface area contributed by atoms with Crippen LogP contribution in [0.3, 0.4) is 0 Å². The number of carbonyl (C=O) groups is 1. The lowest BCUT2D eigenvalue weighted by Gasteiger charge is -2.38. The Morgan fingerprint density at radius 1 is 1.33 bits per heavy atom. The Morgan fingerprint density at radius 3 is 2.75 bits per heavy atom. The molecule has 0 radical (unpaired) electrons. The van der Waals surface area contributed by atoms with E-state index in [2.05, 4.69) is 11.9 Å². The van der Waals surface area contributed by atoms with Crippen molar-refractivity contribution in [2.24, 2.45) is 11.7 Å². The number of pyridine rings is 1. The van der Waals surface area contributed by atoms with Crippen molar-refractivity contribution >= 4 is 41.6 Å². The molecule has 2 heterocycles. The van der Waals surface area contributed by atoms with E-state index in [1.165, 1.54) is 0 Å². The average molecular weight is 370 g/mol. The standard InChI is InChI=1S/C18H23N3O.2ClH/c1-12-7-8-21(14(9-12)10-19)18(22)16-11-20-17-6-4-3-5-15(17)13(16)2;;/h3-6,11-12,14H,7-10,19H2,1-2H3;2*1H. The fourth-order valence-corrected chi connectivity index (χ4v) is 3.39. The van der Waals surface area contributed by atoms with Crippen molar-refractivity contribution in [1.29, 1.82) is 0 Å². The summed E-state index contributed by atoms with van der Waals surface area (Å²) < 4.78 is 0. The first-order valence-electron chi connectivity index (χ1n) is 7.97. The lowest BCUT2D eigenvalue weighted by molar-refractivity contribution is 0.0572. The molecule has 132 valence electrons. The molecule has 1 aromatic heterocycles. The molecule has 1 aliphatic rings. The van der Waals surface area contributed by atoms with Gasteiger partial charge in [-0.15, -0.1) is 24.8 Å². The lowest BCUT2D eigenvalue weighted by atomic mass is 9.91. The Bertz CT molecular complexity index is 708. The zero-order chi connectivity index (χ0) is 15.7. The molecule has 0 spiro atoms. The third-order valence-corrected chi connectivity index (χ3v) is 4.79. The van der Waals surface area contributed by atoms with Gasteiger partial charge in [0.2, 0.25) is 0 Å². The first-order valence-corrected chi connectivity index (χ1v) is 7.97. The highest BCUT2D eigenvalue weighted by Crippen LogP contribution is 2.26. The molecule has 1 amide bonds. The van der Waals surface area contributed by atoms with Gasteiger partial charge in [0.15, 0.2) is 0 Å². The predicted molar refractivity (Wildman–Crippen MR) is 103 cm³/mol. The molecule has 4 nitrogen and oxygen atoms in total. The number of rotatable bonds is 2. The van der Waals surface area contributed by atoms with Crippen LogP contribution in [-0.4, -0.2) is 34.9 Å². The van der Waals surface area contributed by atoms with Crippen molar-refractivity contribution in [3.63, 3.8) is 0 Å². The normalized spacial score (nSPS) is 20.2. The minimum absolute atomic E-state index is 0. The van der Waals surface area contributed by atoms with Gasteiger partial charge in [0.25, 0.3) is 5.91 Å². The van der Waals surface area contributed by atoms with Crippen LogP contribution in [-0.2, 0) is 0 Å². The number of amides is 1. The van der Waals surface area contributed by atoms with Gasteiger partial charge in [0, 0.05) is 30.7 Å². The number of likely N-dealkylation sites (tertiary alicyclic amines) is 1. The Hall–Kier alpha value is -1.36. The number of benzene rings is 1. The van der Waals surface area contributed by atoms with E-state index in [0.717, 1.165) is 35.9 Å². The molecule has 3 rings (SSSR count). The maximum Gasteiger partial charge on any atom is 0.256 e. The van der Waals surface area contributed by atoms with E-state index in [9.17, 15) is 4.79 Å². The van der Waals surface area contributed by atoms with E-state index in [1.807, 2.05) is 36.1 Å². The van der Waals surface area contributed by atoms with E-state index < -0.39 is 0 Å². The van der Waals surface area contributed by atoms with Gasteiger partial charge in [-0.25, -0.2) is 0 Å². The molecule has 0 aliphatic carbocycles. The van der Waals surface area contributed by atoms with Crippen LogP contribution in [0.4, 0.5) is 0 Å². The van der Waals surface area contributed by atoms with Crippen LogP contribution in [0.5, 0.6) is 0 Å². The zero-order valence-corrected chi connectivity index (χ0v) is 15.7. The molecule has 1 saturated heterocycles. The molecule has 0 bridgehead atoms. The van der Waals surface area contributed by atoms with Crippen molar-refractivity contribution in [2.45, 2.75) is 32.7 Å². The molecule has 0 saturated carbocycles. The molecule has 24 heavy (non-hydrogen) atoms. The number of hydrogen-bond donors (Lipinski definition) is 1. The minimum Gasteiger partial charge on any atom is -0.334 e. The molecular weight excluding hydrogens is 345 g/mol. The van der Waals surface area contributed by atoms with Gasteiger partial charge in [0.05, 0.1) is 11.1 Å². The lowest BCUT2D eigenvalue weighted by Crippen LogP contribution is -2.49. The molecule has 1 fully saturated rings. The van der Waals surface area contributed by atoms with E-state index >= 15 is 0 Å². The summed E-state index contributed by atoms with van der Waals surface area (Å²) in [4.78, 5) is 19.4. The molecule has 2 aromatic rings. The highest BCUT2D eigenvalue weighted by molar-refractivity contribution is 6.00. The Morgan fingerprint density at radius 2 is 2.04 bits per heavy atom. The van der Waals surface area contributed by atoms with Crippen molar-refractivity contribution < 1.29 is 4.79 Å². The van der Waals surface area contributed by atoms with Gasteiger partial charge >= 0.3 is 0 Å². The molecular formula is C18H25Cl2N3O. The molecule has 2 unspecified atom stereocenters. The molecule has 6 heteroatoms. The number of halogens is 2. The minimum atomic E-state index is 0. The van der Waals surface area contributed by atoms with Gasteiger partial charge in [-0.05, 0) is 37.3 Å². The van der Waals surface area contributed by atoms with E-state index in [0.29, 0.717) is 18.0 Å². The number of para-hydroxylation sites is 1. The highest BCUT2D eigenvalue weighted by atomic mass is 35.5. The predicted octanol–water partition coefficient (Wildman–Crippen LogP) is 3.59. The fraction of sp³-hybridized carbons (Fsp3) is 0.444. The van der Waals surface area contributed by atoms with Gasteiger partial charge < -0.3 is 10.6 Å². The van der Waals surface area contributed by atoms with E-state index in [4.69, 9.17) is 5.73 Å². The Balaban J connectivity index is 0.00000144. The third-order valence-electron chi connectivity index (χ3n) is 4.79. The summed E-state index contributed by atoms with van der Waals surface area (Å²) in [6.45, 7) is 5.54. The van der Waals surface area contributed by atoms with E-state index in [-0.39, 0.29) is 36.8 Å². The summed E-state index contributed by atoms with van der Waals surface area (Å²) in [7, 11) is 0. The van der Waals surface area contributed by atoms with Crippen molar-refractivity contribution in [1.82, 2.24) is 9.88 Å². The largest absolute Gasteiger partial charge is 0.334 e. The number of nitrogens with zero attached hydrogens (tertiary/aromatic N) is 2. The molecule has 2 N–H and O–H groups in total. The second kappa shape index (κ2) is 8.65. The SMILES string of the molecule is Cc1c(C(=O)N2CCC(C)CC2CN)cnc2ccccc12.Cl.Cl. The number of aromatic nitrogens is 1.